The van der Waals surface area contributed by atoms with Crippen molar-refractivity contribution in [3.8, 4) is 0 Å². The van der Waals surface area contributed by atoms with Crippen molar-refractivity contribution in [3.05, 3.63) is 46.6 Å². The zero-order valence-corrected chi connectivity index (χ0v) is 13.7. The van der Waals surface area contributed by atoms with Crippen LogP contribution in [0.2, 0.25) is 0 Å². The highest BCUT2D eigenvalue weighted by atomic mass is 79.9. The van der Waals surface area contributed by atoms with Gasteiger partial charge in [0.25, 0.3) is 0 Å². The summed E-state index contributed by atoms with van der Waals surface area (Å²) in [7, 11) is 0. The van der Waals surface area contributed by atoms with Crippen molar-refractivity contribution in [1.82, 2.24) is 9.97 Å². The fourth-order valence-corrected chi connectivity index (χ4v) is 3.21. The van der Waals surface area contributed by atoms with Crippen molar-refractivity contribution < 1.29 is 0 Å². The minimum atomic E-state index is 0.579. The number of aromatic nitrogens is 2. The molecule has 1 atom stereocenters. The highest BCUT2D eigenvalue weighted by molar-refractivity contribution is 9.10. The molecule has 4 nitrogen and oxygen atoms in total. The summed E-state index contributed by atoms with van der Waals surface area (Å²) in [4.78, 5) is 11.2. The molecule has 0 amide bonds. The highest BCUT2D eigenvalue weighted by Crippen LogP contribution is 2.33. The van der Waals surface area contributed by atoms with Crippen LogP contribution in [-0.2, 0) is 0 Å². The van der Waals surface area contributed by atoms with E-state index < -0.39 is 0 Å². The Kier molecular flexibility index (Phi) is 4.39. The molecule has 1 aromatic carbocycles. The molecule has 1 aliphatic rings. The molecule has 0 saturated carbocycles. The van der Waals surface area contributed by atoms with Gasteiger partial charge >= 0.3 is 0 Å². The average molecular weight is 347 g/mol. The molecule has 110 valence electrons. The van der Waals surface area contributed by atoms with E-state index in [2.05, 4.69) is 66.4 Å². The second-order valence-electron chi connectivity index (χ2n) is 5.24. The first kappa shape index (κ1) is 14.3. The summed E-state index contributed by atoms with van der Waals surface area (Å²) >= 11 is 3.57. The lowest BCUT2D eigenvalue weighted by molar-refractivity contribution is 0.774. The summed E-state index contributed by atoms with van der Waals surface area (Å²) in [6.45, 7) is 4.91. The van der Waals surface area contributed by atoms with E-state index in [1.807, 2.05) is 13.1 Å². The Bertz CT molecular complexity index is 602. The molecule has 1 aromatic heterocycles. The van der Waals surface area contributed by atoms with Crippen LogP contribution in [0.25, 0.3) is 0 Å². The van der Waals surface area contributed by atoms with Crippen molar-refractivity contribution >= 4 is 27.7 Å². The first-order chi connectivity index (χ1) is 10.3. The number of benzene rings is 1. The molecule has 1 saturated heterocycles. The van der Waals surface area contributed by atoms with E-state index in [1.54, 1.807) is 0 Å². The Balaban J connectivity index is 1.78. The number of hydrogen-bond donors (Lipinski definition) is 1. The molecule has 1 fully saturated rings. The lowest BCUT2D eigenvalue weighted by Gasteiger charge is -2.19. The van der Waals surface area contributed by atoms with Crippen molar-refractivity contribution in [3.63, 3.8) is 0 Å². The van der Waals surface area contributed by atoms with E-state index in [4.69, 9.17) is 0 Å². The van der Waals surface area contributed by atoms with Gasteiger partial charge in [-0.2, -0.15) is 4.98 Å². The summed E-state index contributed by atoms with van der Waals surface area (Å²) in [5.41, 5.74) is 1.41. The van der Waals surface area contributed by atoms with Crippen LogP contribution in [0.15, 0.2) is 41.0 Å². The SMILES string of the molecule is CCNc1ncc(Br)c(N2CCC(c3ccccc3)C2)n1. The van der Waals surface area contributed by atoms with Gasteiger partial charge in [0.1, 0.15) is 5.82 Å². The van der Waals surface area contributed by atoms with Crippen molar-refractivity contribution in [2.24, 2.45) is 0 Å². The standard InChI is InChI=1S/C16H19BrN4/c1-2-18-16-19-10-14(17)15(20-16)21-9-8-13(11-21)12-6-4-3-5-7-12/h3-7,10,13H,2,8-9,11H2,1H3,(H,18,19,20). The largest absolute Gasteiger partial charge is 0.355 e. The van der Waals surface area contributed by atoms with Crippen LogP contribution in [0.4, 0.5) is 11.8 Å². The van der Waals surface area contributed by atoms with Crippen molar-refractivity contribution in [1.29, 1.82) is 0 Å². The molecule has 0 aliphatic carbocycles. The smallest absolute Gasteiger partial charge is 0.224 e. The molecule has 3 rings (SSSR count). The Labute approximate surface area is 133 Å². The predicted octanol–water partition coefficient (Wildman–Crippen LogP) is 3.66. The summed E-state index contributed by atoms with van der Waals surface area (Å²) in [6.07, 6.45) is 2.99. The number of rotatable bonds is 4. The Hall–Kier alpha value is -1.62. The minimum absolute atomic E-state index is 0.579. The summed E-state index contributed by atoms with van der Waals surface area (Å²) in [5.74, 6) is 2.26. The molecule has 2 heterocycles. The van der Waals surface area contributed by atoms with Gasteiger partial charge in [-0.3, -0.25) is 0 Å². The third-order valence-electron chi connectivity index (χ3n) is 3.82. The topological polar surface area (TPSA) is 41.1 Å². The number of nitrogens with zero attached hydrogens (tertiary/aromatic N) is 3. The Morgan fingerprint density at radius 3 is 2.90 bits per heavy atom. The van der Waals surface area contributed by atoms with Gasteiger partial charge in [0.05, 0.1) is 4.47 Å². The molecular formula is C16H19BrN4. The zero-order valence-electron chi connectivity index (χ0n) is 12.1. The maximum Gasteiger partial charge on any atom is 0.224 e. The first-order valence-corrected chi connectivity index (χ1v) is 8.13. The van der Waals surface area contributed by atoms with Crippen molar-refractivity contribution in [2.75, 3.05) is 29.9 Å². The van der Waals surface area contributed by atoms with Gasteiger partial charge in [-0.25, -0.2) is 4.98 Å². The van der Waals surface area contributed by atoms with Gasteiger partial charge in [0.2, 0.25) is 5.95 Å². The summed E-state index contributed by atoms with van der Waals surface area (Å²) in [5, 5.41) is 3.17. The van der Waals surface area contributed by atoms with Crippen LogP contribution >= 0.6 is 15.9 Å². The Morgan fingerprint density at radius 2 is 2.14 bits per heavy atom. The van der Waals surface area contributed by atoms with E-state index in [0.29, 0.717) is 11.9 Å². The van der Waals surface area contributed by atoms with E-state index in [-0.39, 0.29) is 0 Å². The van der Waals surface area contributed by atoms with Gasteiger partial charge in [-0.05, 0) is 34.8 Å². The molecule has 5 heteroatoms. The normalized spacial score (nSPS) is 18.0. The van der Waals surface area contributed by atoms with E-state index in [0.717, 1.165) is 36.3 Å². The van der Waals surface area contributed by atoms with Gasteiger partial charge in [-0.15, -0.1) is 0 Å². The monoisotopic (exact) mass is 346 g/mol. The molecule has 0 spiro atoms. The number of hydrogen-bond acceptors (Lipinski definition) is 4. The lowest BCUT2D eigenvalue weighted by Crippen LogP contribution is -2.21. The van der Waals surface area contributed by atoms with Gasteiger partial charge in [0.15, 0.2) is 0 Å². The van der Waals surface area contributed by atoms with E-state index >= 15 is 0 Å². The maximum atomic E-state index is 4.63. The molecule has 21 heavy (non-hydrogen) atoms. The van der Waals surface area contributed by atoms with Gasteiger partial charge in [0, 0.05) is 31.7 Å². The molecule has 1 aliphatic heterocycles. The van der Waals surface area contributed by atoms with Crippen LogP contribution in [0.5, 0.6) is 0 Å². The molecular weight excluding hydrogens is 328 g/mol. The Morgan fingerprint density at radius 1 is 1.33 bits per heavy atom. The van der Waals surface area contributed by atoms with E-state index in [1.165, 1.54) is 5.56 Å². The number of anilines is 2. The van der Waals surface area contributed by atoms with Crippen molar-refractivity contribution in [2.45, 2.75) is 19.3 Å². The van der Waals surface area contributed by atoms with Gasteiger partial charge in [-0.1, -0.05) is 30.3 Å². The average Bonchev–Trinajstić information content (AvgIpc) is 3.00. The molecule has 1 unspecified atom stereocenters. The number of halogens is 1. The molecule has 0 bridgehead atoms. The second-order valence-corrected chi connectivity index (χ2v) is 6.09. The lowest BCUT2D eigenvalue weighted by atomic mass is 9.99. The highest BCUT2D eigenvalue weighted by Gasteiger charge is 2.26. The second kappa shape index (κ2) is 6.43. The van der Waals surface area contributed by atoms with Crippen LogP contribution in [-0.4, -0.2) is 29.6 Å². The number of nitrogens with one attached hydrogen (secondary N) is 1. The zero-order chi connectivity index (χ0) is 14.7. The van der Waals surface area contributed by atoms with Crippen LogP contribution in [0, 0.1) is 0 Å². The predicted molar refractivity (Wildman–Crippen MR) is 89.9 cm³/mol. The molecule has 1 N–H and O–H groups in total. The first-order valence-electron chi connectivity index (χ1n) is 7.34. The van der Waals surface area contributed by atoms with Gasteiger partial charge < -0.3 is 10.2 Å². The fraction of sp³-hybridized carbons (Fsp3) is 0.375. The third kappa shape index (κ3) is 3.18. The van der Waals surface area contributed by atoms with Crippen LogP contribution in [0.3, 0.4) is 0 Å². The summed E-state index contributed by atoms with van der Waals surface area (Å²) in [6, 6.07) is 10.7. The minimum Gasteiger partial charge on any atom is -0.355 e. The van der Waals surface area contributed by atoms with Crippen LogP contribution in [0.1, 0.15) is 24.8 Å². The third-order valence-corrected chi connectivity index (χ3v) is 4.38. The summed E-state index contributed by atoms with van der Waals surface area (Å²) < 4.78 is 0.956. The van der Waals surface area contributed by atoms with E-state index in [9.17, 15) is 0 Å². The maximum absolute atomic E-state index is 4.63. The molecule has 0 radical (unpaired) electrons. The molecule has 2 aromatic rings. The fourth-order valence-electron chi connectivity index (χ4n) is 2.77. The van der Waals surface area contributed by atoms with Crippen LogP contribution < -0.4 is 10.2 Å². The quantitative estimate of drug-likeness (QED) is 0.916.